The smallest absolute Gasteiger partial charge is 0.251 e. The van der Waals surface area contributed by atoms with Crippen LogP contribution in [0.4, 0.5) is 0 Å². The number of benzene rings is 1. The molecule has 0 aliphatic heterocycles. The Bertz CT molecular complexity index is 545. The van der Waals surface area contributed by atoms with Crippen molar-refractivity contribution in [2.45, 2.75) is 13.0 Å². The number of nitrogens with zero attached hydrogens (tertiary/aromatic N) is 2. The second-order valence-corrected chi connectivity index (χ2v) is 4.40. The predicted molar refractivity (Wildman–Crippen MR) is 73.6 cm³/mol. The summed E-state index contributed by atoms with van der Waals surface area (Å²) >= 11 is 0. The van der Waals surface area contributed by atoms with Gasteiger partial charge >= 0.3 is 0 Å². The molecule has 0 saturated heterocycles. The van der Waals surface area contributed by atoms with Crippen LogP contribution in [-0.4, -0.2) is 22.2 Å². The largest absolute Gasteiger partial charge is 0.346 e. The van der Waals surface area contributed by atoms with E-state index in [4.69, 9.17) is 5.73 Å². The van der Waals surface area contributed by atoms with E-state index in [2.05, 4.69) is 10.4 Å². The number of hydrogen-bond acceptors (Lipinski definition) is 3. The first kappa shape index (κ1) is 13.3. The highest BCUT2D eigenvalue weighted by Gasteiger charge is 2.06. The number of aryl methyl sites for hydroxylation is 1. The summed E-state index contributed by atoms with van der Waals surface area (Å²) in [5.41, 5.74) is 8.12. The average molecular weight is 258 g/mol. The van der Waals surface area contributed by atoms with Crippen molar-refractivity contribution in [1.29, 1.82) is 0 Å². The van der Waals surface area contributed by atoms with Crippen molar-refractivity contribution in [1.82, 2.24) is 15.1 Å². The van der Waals surface area contributed by atoms with Gasteiger partial charge in [0.1, 0.15) is 0 Å². The number of carbonyl (C=O) groups is 1. The standard InChI is InChI=1S/C14H18N4O/c1-18-9-7-13(17-18)10-16-14(19)12-4-2-11(3-5-12)6-8-15/h2-5,7,9H,6,8,10,15H2,1H3,(H,16,19). The van der Waals surface area contributed by atoms with Crippen LogP contribution in [0.2, 0.25) is 0 Å². The monoisotopic (exact) mass is 258 g/mol. The van der Waals surface area contributed by atoms with Crippen LogP contribution < -0.4 is 11.1 Å². The van der Waals surface area contributed by atoms with Crippen molar-refractivity contribution in [2.24, 2.45) is 12.8 Å². The van der Waals surface area contributed by atoms with Gasteiger partial charge in [-0.2, -0.15) is 5.10 Å². The number of nitrogens with one attached hydrogen (secondary N) is 1. The van der Waals surface area contributed by atoms with E-state index in [1.54, 1.807) is 4.68 Å². The molecule has 0 aliphatic carbocycles. The second-order valence-electron chi connectivity index (χ2n) is 4.40. The van der Waals surface area contributed by atoms with Crippen molar-refractivity contribution in [3.05, 3.63) is 53.3 Å². The fourth-order valence-electron chi connectivity index (χ4n) is 1.82. The Morgan fingerprint density at radius 3 is 2.63 bits per heavy atom. The SMILES string of the molecule is Cn1ccc(CNC(=O)c2ccc(CCN)cc2)n1. The molecule has 1 aromatic heterocycles. The molecule has 0 spiro atoms. The Balaban J connectivity index is 1.92. The number of carbonyl (C=O) groups excluding carboxylic acids is 1. The molecule has 0 atom stereocenters. The van der Waals surface area contributed by atoms with Crippen LogP contribution in [0.5, 0.6) is 0 Å². The van der Waals surface area contributed by atoms with Crippen molar-refractivity contribution >= 4 is 5.91 Å². The summed E-state index contributed by atoms with van der Waals surface area (Å²) in [5.74, 6) is -0.0926. The Kier molecular flexibility index (Phi) is 4.30. The van der Waals surface area contributed by atoms with E-state index in [0.29, 0.717) is 18.7 Å². The molecule has 100 valence electrons. The van der Waals surface area contributed by atoms with Crippen molar-refractivity contribution in [3.8, 4) is 0 Å². The first-order valence-corrected chi connectivity index (χ1v) is 6.25. The molecule has 2 aromatic rings. The molecule has 2 rings (SSSR count). The highest BCUT2D eigenvalue weighted by Crippen LogP contribution is 2.05. The van der Waals surface area contributed by atoms with Crippen molar-refractivity contribution < 1.29 is 4.79 Å². The van der Waals surface area contributed by atoms with Crippen LogP contribution in [0.25, 0.3) is 0 Å². The minimum atomic E-state index is -0.0926. The first-order valence-electron chi connectivity index (χ1n) is 6.25. The second kappa shape index (κ2) is 6.15. The maximum atomic E-state index is 11.9. The van der Waals surface area contributed by atoms with Crippen LogP contribution in [0.1, 0.15) is 21.6 Å². The van der Waals surface area contributed by atoms with Crippen LogP contribution in [0.15, 0.2) is 36.5 Å². The topological polar surface area (TPSA) is 72.9 Å². The zero-order valence-corrected chi connectivity index (χ0v) is 11.0. The summed E-state index contributed by atoms with van der Waals surface area (Å²) in [7, 11) is 1.85. The van der Waals surface area contributed by atoms with Gasteiger partial charge in [0.25, 0.3) is 5.91 Å². The number of hydrogen-bond donors (Lipinski definition) is 2. The number of aromatic nitrogens is 2. The van der Waals surface area contributed by atoms with E-state index in [-0.39, 0.29) is 5.91 Å². The normalized spacial score (nSPS) is 10.4. The van der Waals surface area contributed by atoms with Gasteiger partial charge in [-0.25, -0.2) is 0 Å². The highest BCUT2D eigenvalue weighted by atomic mass is 16.1. The van der Waals surface area contributed by atoms with Gasteiger partial charge in [0.15, 0.2) is 0 Å². The zero-order chi connectivity index (χ0) is 13.7. The maximum Gasteiger partial charge on any atom is 0.251 e. The van der Waals surface area contributed by atoms with Crippen LogP contribution in [0, 0.1) is 0 Å². The predicted octanol–water partition coefficient (Wildman–Crippen LogP) is 0.851. The van der Waals surface area contributed by atoms with Gasteiger partial charge in [0.2, 0.25) is 0 Å². The molecule has 0 radical (unpaired) electrons. The number of nitrogens with two attached hydrogens (primary N) is 1. The first-order chi connectivity index (χ1) is 9.19. The molecular weight excluding hydrogens is 240 g/mol. The number of rotatable bonds is 5. The van der Waals surface area contributed by atoms with E-state index in [1.807, 2.05) is 43.6 Å². The molecule has 5 heteroatoms. The third kappa shape index (κ3) is 3.66. The maximum absolute atomic E-state index is 11.9. The van der Waals surface area contributed by atoms with Crippen molar-refractivity contribution in [2.75, 3.05) is 6.54 Å². The molecule has 0 fully saturated rings. The van der Waals surface area contributed by atoms with Gasteiger partial charge in [-0.15, -0.1) is 0 Å². The lowest BCUT2D eigenvalue weighted by molar-refractivity contribution is 0.0950. The molecule has 0 unspecified atom stereocenters. The summed E-state index contributed by atoms with van der Waals surface area (Å²) in [6.07, 6.45) is 2.68. The van der Waals surface area contributed by atoms with Gasteiger partial charge in [-0.3, -0.25) is 9.48 Å². The Labute approximate surface area is 112 Å². The van der Waals surface area contributed by atoms with E-state index in [1.165, 1.54) is 0 Å². The van der Waals surface area contributed by atoms with Gasteiger partial charge in [-0.05, 0) is 36.7 Å². The van der Waals surface area contributed by atoms with E-state index >= 15 is 0 Å². The minimum Gasteiger partial charge on any atom is -0.346 e. The molecule has 1 heterocycles. The zero-order valence-electron chi connectivity index (χ0n) is 11.0. The van der Waals surface area contributed by atoms with E-state index in [9.17, 15) is 4.79 Å². The molecule has 0 aliphatic rings. The van der Waals surface area contributed by atoms with E-state index in [0.717, 1.165) is 17.7 Å². The molecule has 0 bridgehead atoms. The molecule has 5 nitrogen and oxygen atoms in total. The summed E-state index contributed by atoms with van der Waals surface area (Å²) in [6.45, 7) is 1.05. The summed E-state index contributed by atoms with van der Waals surface area (Å²) in [5, 5.41) is 7.04. The highest BCUT2D eigenvalue weighted by molar-refractivity contribution is 5.94. The van der Waals surface area contributed by atoms with Crippen LogP contribution in [0.3, 0.4) is 0 Å². The van der Waals surface area contributed by atoms with Gasteiger partial charge < -0.3 is 11.1 Å². The van der Waals surface area contributed by atoms with E-state index < -0.39 is 0 Å². The fourth-order valence-corrected chi connectivity index (χ4v) is 1.82. The Hall–Kier alpha value is -2.14. The van der Waals surface area contributed by atoms with Crippen molar-refractivity contribution in [3.63, 3.8) is 0 Å². The van der Waals surface area contributed by atoms with Gasteiger partial charge in [0, 0.05) is 18.8 Å². The number of amides is 1. The quantitative estimate of drug-likeness (QED) is 0.835. The molecule has 1 aromatic carbocycles. The molecular formula is C14H18N4O. The lowest BCUT2D eigenvalue weighted by Gasteiger charge is -2.04. The Morgan fingerprint density at radius 2 is 2.05 bits per heavy atom. The lowest BCUT2D eigenvalue weighted by Crippen LogP contribution is -2.23. The fraction of sp³-hybridized carbons (Fsp3) is 0.286. The minimum absolute atomic E-state index is 0.0926. The third-order valence-corrected chi connectivity index (χ3v) is 2.85. The Morgan fingerprint density at radius 1 is 1.32 bits per heavy atom. The summed E-state index contributed by atoms with van der Waals surface area (Å²) in [6, 6.07) is 9.38. The average Bonchev–Trinajstić information content (AvgIpc) is 2.83. The summed E-state index contributed by atoms with van der Waals surface area (Å²) < 4.78 is 1.71. The lowest BCUT2D eigenvalue weighted by atomic mass is 10.1. The molecule has 0 saturated carbocycles. The molecule has 1 amide bonds. The summed E-state index contributed by atoms with van der Waals surface area (Å²) in [4.78, 5) is 11.9. The van der Waals surface area contributed by atoms with Crippen LogP contribution >= 0.6 is 0 Å². The van der Waals surface area contributed by atoms with Gasteiger partial charge in [0.05, 0.1) is 12.2 Å². The van der Waals surface area contributed by atoms with Gasteiger partial charge in [-0.1, -0.05) is 12.1 Å². The molecule has 3 N–H and O–H groups in total. The molecule has 19 heavy (non-hydrogen) atoms. The third-order valence-electron chi connectivity index (χ3n) is 2.85. The van der Waals surface area contributed by atoms with Crippen LogP contribution in [-0.2, 0) is 20.0 Å².